The molecule has 0 spiro atoms. The van der Waals surface area contributed by atoms with Gasteiger partial charge in [-0.1, -0.05) is 132 Å². The van der Waals surface area contributed by atoms with Crippen LogP contribution in [0.2, 0.25) is 0 Å². The van der Waals surface area contributed by atoms with Crippen molar-refractivity contribution in [2.75, 3.05) is 6.61 Å². The molecule has 0 amide bonds. The summed E-state index contributed by atoms with van der Waals surface area (Å²) in [6.45, 7) is 9.50. The Labute approximate surface area is 243 Å². The van der Waals surface area contributed by atoms with Gasteiger partial charge in [-0.2, -0.15) is 0 Å². The zero-order valence-corrected chi connectivity index (χ0v) is 25.3. The van der Waals surface area contributed by atoms with Gasteiger partial charge in [0.05, 0.1) is 11.7 Å². The number of carbonyl (C=O) groups is 1. The summed E-state index contributed by atoms with van der Waals surface area (Å²) in [5, 5.41) is 0. The zero-order chi connectivity index (χ0) is 28.6. The van der Waals surface area contributed by atoms with E-state index in [-0.39, 0.29) is 18.2 Å². The Morgan fingerprint density at radius 3 is 1.93 bits per heavy atom. The molecular formula is C37H50O3. The van der Waals surface area contributed by atoms with Gasteiger partial charge in [0.15, 0.2) is 0 Å². The number of hydrogen-bond donors (Lipinski definition) is 0. The molecule has 0 aliphatic carbocycles. The molecule has 216 valence electrons. The van der Waals surface area contributed by atoms with Crippen LogP contribution in [0.5, 0.6) is 0 Å². The summed E-state index contributed by atoms with van der Waals surface area (Å²) in [5.74, 6) is -0.213. The molecule has 0 aliphatic rings. The lowest BCUT2D eigenvalue weighted by molar-refractivity contribution is 0.0254. The molecule has 3 aromatic carbocycles. The summed E-state index contributed by atoms with van der Waals surface area (Å²) < 4.78 is 12.0. The standard InChI is InChI=1S/C37H50O3/c1-5-8-10-11-12-13-17-34(16-7-3)40-37(38)36-19-15-14-18-35(36)33-26-24-32(25-27-33)31-22-20-30(21-23-31)29(4)39-28-9-6-2/h14-15,18-27,29,34H,5-13,16-17,28H2,1-4H3. The van der Waals surface area contributed by atoms with Gasteiger partial charge in [-0.25, -0.2) is 4.79 Å². The molecule has 3 heteroatoms. The molecule has 0 saturated carbocycles. The predicted molar refractivity (Wildman–Crippen MR) is 169 cm³/mol. The number of carbonyl (C=O) groups excluding carboxylic acids is 1. The highest BCUT2D eigenvalue weighted by atomic mass is 16.5. The number of unbranched alkanes of at least 4 members (excludes halogenated alkanes) is 6. The molecule has 0 radical (unpaired) electrons. The molecule has 0 saturated heterocycles. The Hall–Kier alpha value is -2.91. The highest BCUT2D eigenvalue weighted by molar-refractivity contribution is 5.97. The van der Waals surface area contributed by atoms with Crippen LogP contribution >= 0.6 is 0 Å². The Bertz CT molecular complexity index is 1120. The van der Waals surface area contributed by atoms with Crippen molar-refractivity contribution in [3.05, 3.63) is 83.9 Å². The van der Waals surface area contributed by atoms with Crippen molar-refractivity contribution in [1.29, 1.82) is 0 Å². The van der Waals surface area contributed by atoms with E-state index < -0.39 is 0 Å². The van der Waals surface area contributed by atoms with Crippen molar-refractivity contribution in [3.63, 3.8) is 0 Å². The van der Waals surface area contributed by atoms with Gasteiger partial charge in [0.2, 0.25) is 0 Å². The van der Waals surface area contributed by atoms with E-state index in [1.54, 1.807) is 0 Å². The molecule has 3 nitrogen and oxygen atoms in total. The smallest absolute Gasteiger partial charge is 0.339 e. The van der Waals surface area contributed by atoms with Crippen LogP contribution in [-0.2, 0) is 9.47 Å². The van der Waals surface area contributed by atoms with Crippen LogP contribution in [0.25, 0.3) is 22.3 Å². The van der Waals surface area contributed by atoms with Crippen LogP contribution < -0.4 is 0 Å². The summed E-state index contributed by atoms with van der Waals surface area (Å²) in [6, 6.07) is 24.9. The van der Waals surface area contributed by atoms with Crippen LogP contribution in [0.15, 0.2) is 72.8 Å². The topological polar surface area (TPSA) is 35.5 Å². The van der Waals surface area contributed by atoms with Crippen molar-refractivity contribution in [2.24, 2.45) is 0 Å². The molecular weight excluding hydrogens is 492 g/mol. The minimum atomic E-state index is -0.213. The summed E-state index contributed by atoms with van der Waals surface area (Å²) in [5.41, 5.74) is 6.09. The van der Waals surface area contributed by atoms with Crippen LogP contribution in [0.4, 0.5) is 0 Å². The SMILES string of the molecule is CCCCCCCCC(CCC)OC(=O)c1ccccc1-c1ccc(-c2ccc(C(C)OCCCC)cc2)cc1. The van der Waals surface area contributed by atoms with Gasteiger partial charge in [-0.05, 0) is 66.5 Å². The van der Waals surface area contributed by atoms with E-state index in [1.165, 1.54) is 43.2 Å². The second kappa shape index (κ2) is 17.7. The van der Waals surface area contributed by atoms with Gasteiger partial charge < -0.3 is 9.47 Å². The van der Waals surface area contributed by atoms with E-state index in [0.29, 0.717) is 5.56 Å². The zero-order valence-electron chi connectivity index (χ0n) is 25.3. The maximum absolute atomic E-state index is 13.3. The van der Waals surface area contributed by atoms with Gasteiger partial charge in [0.1, 0.15) is 6.10 Å². The quantitative estimate of drug-likeness (QED) is 0.118. The van der Waals surface area contributed by atoms with Gasteiger partial charge in [0, 0.05) is 6.61 Å². The molecule has 0 bridgehead atoms. The maximum Gasteiger partial charge on any atom is 0.339 e. The summed E-state index contributed by atoms with van der Waals surface area (Å²) in [6.07, 6.45) is 12.7. The van der Waals surface area contributed by atoms with E-state index in [9.17, 15) is 4.79 Å². The van der Waals surface area contributed by atoms with Crippen LogP contribution in [-0.4, -0.2) is 18.7 Å². The fraction of sp³-hybridized carbons (Fsp3) is 0.486. The molecule has 0 N–H and O–H groups in total. The van der Waals surface area contributed by atoms with E-state index in [0.717, 1.165) is 61.8 Å². The molecule has 2 unspecified atom stereocenters. The van der Waals surface area contributed by atoms with Gasteiger partial charge in [-0.15, -0.1) is 0 Å². The Kier molecular flexibility index (Phi) is 14.0. The van der Waals surface area contributed by atoms with Crippen molar-refractivity contribution in [2.45, 2.75) is 111 Å². The third-order valence-electron chi connectivity index (χ3n) is 7.69. The van der Waals surface area contributed by atoms with Gasteiger partial charge in [-0.3, -0.25) is 0 Å². The summed E-state index contributed by atoms with van der Waals surface area (Å²) in [7, 11) is 0. The minimum Gasteiger partial charge on any atom is -0.459 e. The van der Waals surface area contributed by atoms with Crippen molar-refractivity contribution < 1.29 is 14.3 Å². The number of rotatable bonds is 18. The maximum atomic E-state index is 13.3. The van der Waals surface area contributed by atoms with Gasteiger partial charge >= 0.3 is 5.97 Å². The monoisotopic (exact) mass is 542 g/mol. The van der Waals surface area contributed by atoms with E-state index >= 15 is 0 Å². The van der Waals surface area contributed by atoms with Crippen molar-refractivity contribution in [1.82, 2.24) is 0 Å². The fourth-order valence-electron chi connectivity index (χ4n) is 5.15. The average Bonchev–Trinajstić information content (AvgIpc) is 2.99. The minimum absolute atomic E-state index is 0.0122. The van der Waals surface area contributed by atoms with Crippen LogP contribution in [0.3, 0.4) is 0 Å². The first-order valence-electron chi connectivity index (χ1n) is 15.7. The normalized spacial score (nSPS) is 12.7. The fourth-order valence-corrected chi connectivity index (χ4v) is 5.15. The van der Waals surface area contributed by atoms with Gasteiger partial charge in [0.25, 0.3) is 0 Å². The van der Waals surface area contributed by atoms with E-state index in [2.05, 4.69) is 76.2 Å². The molecule has 3 aromatic rings. The second-order valence-electron chi connectivity index (χ2n) is 11.0. The largest absolute Gasteiger partial charge is 0.459 e. The lowest BCUT2D eigenvalue weighted by Crippen LogP contribution is -2.19. The Morgan fingerprint density at radius 1 is 0.650 bits per heavy atom. The lowest BCUT2D eigenvalue weighted by Gasteiger charge is -2.19. The number of esters is 1. The highest BCUT2D eigenvalue weighted by Crippen LogP contribution is 2.29. The van der Waals surface area contributed by atoms with E-state index in [4.69, 9.17) is 9.47 Å². The predicted octanol–water partition coefficient (Wildman–Crippen LogP) is 11.0. The number of benzene rings is 3. The highest BCUT2D eigenvalue weighted by Gasteiger charge is 2.19. The molecule has 2 atom stereocenters. The molecule has 0 aliphatic heterocycles. The average molecular weight is 543 g/mol. The first-order valence-corrected chi connectivity index (χ1v) is 15.7. The Morgan fingerprint density at radius 2 is 1.25 bits per heavy atom. The van der Waals surface area contributed by atoms with Crippen LogP contribution in [0, 0.1) is 0 Å². The number of hydrogen-bond acceptors (Lipinski definition) is 3. The van der Waals surface area contributed by atoms with E-state index in [1.807, 2.05) is 24.3 Å². The van der Waals surface area contributed by atoms with Crippen molar-refractivity contribution >= 4 is 5.97 Å². The summed E-state index contributed by atoms with van der Waals surface area (Å²) >= 11 is 0. The third-order valence-corrected chi connectivity index (χ3v) is 7.69. The molecule has 0 aromatic heterocycles. The lowest BCUT2D eigenvalue weighted by atomic mass is 9.96. The van der Waals surface area contributed by atoms with Crippen LogP contribution in [0.1, 0.15) is 120 Å². The number of ether oxygens (including phenoxy) is 2. The Balaban J connectivity index is 1.65. The molecule has 40 heavy (non-hydrogen) atoms. The summed E-state index contributed by atoms with van der Waals surface area (Å²) in [4.78, 5) is 13.3. The first kappa shape index (κ1) is 31.6. The van der Waals surface area contributed by atoms with Crippen molar-refractivity contribution in [3.8, 4) is 22.3 Å². The molecule has 3 rings (SSSR count). The molecule has 0 fully saturated rings. The molecule has 0 heterocycles. The first-order chi connectivity index (χ1) is 19.6. The third kappa shape index (κ3) is 9.93. The second-order valence-corrected chi connectivity index (χ2v) is 11.0.